The molecule has 0 unspecified atom stereocenters. The number of nitrogens with two attached hydrogens (primary N) is 1. The summed E-state index contributed by atoms with van der Waals surface area (Å²) in [6.45, 7) is 3.28. The van der Waals surface area contributed by atoms with Gasteiger partial charge in [0.15, 0.2) is 0 Å². The van der Waals surface area contributed by atoms with Gasteiger partial charge in [-0.15, -0.1) is 11.8 Å². The number of hydrogen-bond acceptors (Lipinski definition) is 3. The van der Waals surface area contributed by atoms with Crippen LogP contribution >= 0.6 is 11.8 Å². The molecule has 1 aliphatic rings. The highest BCUT2D eigenvalue weighted by Gasteiger charge is 2.14. The number of nitrogen functional groups attached to an aromatic ring is 1. The second-order valence-corrected chi connectivity index (χ2v) is 5.21. The fraction of sp³-hybridized carbons (Fsp3) is 0.500. The van der Waals surface area contributed by atoms with Crippen molar-refractivity contribution in [2.24, 2.45) is 0 Å². The molecule has 0 amide bonds. The third-order valence-electron chi connectivity index (χ3n) is 2.77. The average Bonchev–Trinajstić information content (AvgIpc) is 2.72. The number of hydrogen-bond donors (Lipinski definition) is 2. The molecule has 82 valence electrons. The van der Waals surface area contributed by atoms with Gasteiger partial charge in [-0.3, -0.25) is 0 Å². The maximum Gasteiger partial charge on any atom is 0.0452 e. The van der Waals surface area contributed by atoms with Gasteiger partial charge in [0.05, 0.1) is 0 Å². The Kier molecular flexibility index (Phi) is 3.54. The van der Waals surface area contributed by atoms with Crippen molar-refractivity contribution in [1.82, 2.24) is 5.32 Å². The number of benzene rings is 1. The maximum absolute atomic E-state index is 5.93. The molecule has 1 aromatic carbocycles. The molecule has 3 N–H and O–H groups in total. The van der Waals surface area contributed by atoms with Crippen molar-refractivity contribution in [3.05, 3.63) is 23.8 Å². The van der Waals surface area contributed by atoms with Gasteiger partial charge in [-0.1, -0.05) is 6.07 Å². The molecule has 1 saturated heterocycles. The van der Waals surface area contributed by atoms with E-state index in [1.54, 1.807) is 0 Å². The van der Waals surface area contributed by atoms with E-state index >= 15 is 0 Å². The van der Waals surface area contributed by atoms with Crippen LogP contribution in [0.4, 0.5) is 5.69 Å². The van der Waals surface area contributed by atoms with Crippen molar-refractivity contribution >= 4 is 17.4 Å². The lowest BCUT2D eigenvalue weighted by Gasteiger charge is -2.11. The van der Waals surface area contributed by atoms with E-state index in [1.165, 1.54) is 29.8 Å². The van der Waals surface area contributed by atoms with E-state index in [2.05, 4.69) is 24.4 Å². The molecule has 0 spiro atoms. The summed E-state index contributed by atoms with van der Waals surface area (Å²) in [7, 11) is 0. The summed E-state index contributed by atoms with van der Waals surface area (Å²) in [5, 5.41) is 3.50. The zero-order valence-electron chi connectivity index (χ0n) is 9.12. The molecule has 3 heteroatoms. The molecular weight excluding hydrogens is 204 g/mol. The Labute approximate surface area is 95.6 Å². The maximum atomic E-state index is 5.93. The van der Waals surface area contributed by atoms with Crippen LogP contribution in [0.3, 0.4) is 0 Å². The summed E-state index contributed by atoms with van der Waals surface area (Å²) in [4.78, 5) is 1.23. The number of thioether (sulfide) groups is 1. The van der Waals surface area contributed by atoms with Crippen molar-refractivity contribution in [2.45, 2.75) is 30.7 Å². The van der Waals surface area contributed by atoms with Crippen LogP contribution in [0.15, 0.2) is 23.1 Å². The largest absolute Gasteiger partial charge is 0.398 e. The second-order valence-electron chi connectivity index (χ2n) is 4.15. The Bertz CT molecular complexity index is 332. The van der Waals surface area contributed by atoms with Gasteiger partial charge >= 0.3 is 0 Å². The predicted molar refractivity (Wildman–Crippen MR) is 67.3 cm³/mol. The monoisotopic (exact) mass is 222 g/mol. The third-order valence-corrected chi connectivity index (χ3v) is 4.01. The molecule has 2 nitrogen and oxygen atoms in total. The second kappa shape index (κ2) is 4.90. The van der Waals surface area contributed by atoms with E-state index in [9.17, 15) is 0 Å². The minimum atomic E-state index is 0.676. The van der Waals surface area contributed by atoms with E-state index in [0.717, 1.165) is 11.4 Å². The van der Waals surface area contributed by atoms with Gasteiger partial charge in [-0.25, -0.2) is 0 Å². The highest BCUT2D eigenvalue weighted by atomic mass is 32.2. The van der Waals surface area contributed by atoms with E-state index in [-0.39, 0.29) is 0 Å². The molecule has 0 bridgehead atoms. The van der Waals surface area contributed by atoms with Gasteiger partial charge in [0.1, 0.15) is 0 Å². The smallest absolute Gasteiger partial charge is 0.0452 e. The van der Waals surface area contributed by atoms with E-state index in [0.29, 0.717) is 6.04 Å². The first-order chi connectivity index (χ1) is 7.25. The molecule has 0 saturated carbocycles. The fourth-order valence-electron chi connectivity index (χ4n) is 1.86. The topological polar surface area (TPSA) is 38.0 Å². The molecule has 1 fully saturated rings. The van der Waals surface area contributed by atoms with Gasteiger partial charge < -0.3 is 11.1 Å². The predicted octanol–water partition coefficient (Wildman–Crippen LogP) is 2.42. The van der Waals surface area contributed by atoms with Gasteiger partial charge in [0.25, 0.3) is 0 Å². The summed E-state index contributed by atoms with van der Waals surface area (Å²) in [6, 6.07) is 6.91. The zero-order chi connectivity index (χ0) is 10.7. The van der Waals surface area contributed by atoms with E-state index in [1.807, 2.05) is 17.8 Å². The van der Waals surface area contributed by atoms with Crippen LogP contribution in [0.25, 0.3) is 0 Å². The van der Waals surface area contributed by atoms with Crippen LogP contribution < -0.4 is 11.1 Å². The van der Waals surface area contributed by atoms with Gasteiger partial charge in [0, 0.05) is 22.4 Å². The van der Waals surface area contributed by atoms with Crippen LogP contribution in [0, 0.1) is 6.92 Å². The van der Waals surface area contributed by atoms with Gasteiger partial charge in [-0.2, -0.15) is 0 Å². The minimum Gasteiger partial charge on any atom is -0.398 e. The molecule has 2 rings (SSSR count). The number of anilines is 1. The van der Waals surface area contributed by atoms with Crippen LogP contribution in [0.5, 0.6) is 0 Å². The molecular formula is C12H18N2S. The van der Waals surface area contributed by atoms with E-state index in [4.69, 9.17) is 5.73 Å². The Morgan fingerprint density at radius 3 is 3.13 bits per heavy atom. The van der Waals surface area contributed by atoms with Crippen molar-refractivity contribution in [3.8, 4) is 0 Å². The Balaban J connectivity index is 1.94. The summed E-state index contributed by atoms with van der Waals surface area (Å²) < 4.78 is 0. The lowest BCUT2D eigenvalue weighted by Crippen LogP contribution is -2.23. The summed E-state index contributed by atoms with van der Waals surface area (Å²) in [6.07, 6.45) is 2.62. The number of aryl methyl sites for hydroxylation is 1. The first-order valence-corrected chi connectivity index (χ1v) is 6.46. The Hall–Kier alpha value is -0.670. The minimum absolute atomic E-state index is 0.676. The lowest BCUT2D eigenvalue weighted by atomic mass is 10.2. The summed E-state index contributed by atoms with van der Waals surface area (Å²) in [5.74, 6) is 1.13. The normalized spacial score (nSPS) is 20.7. The van der Waals surface area contributed by atoms with E-state index < -0.39 is 0 Å². The highest BCUT2D eigenvalue weighted by molar-refractivity contribution is 7.99. The number of rotatable bonds is 3. The molecule has 1 heterocycles. The molecule has 1 aliphatic heterocycles. The van der Waals surface area contributed by atoms with Crippen LogP contribution in [0.1, 0.15) is 18.4 Å². The summed E-state index contributed by atoms with van der Waals surface area (Å²) >= 11 is 1.87. The molecule has 0 aliphatic carbocycles. The van der Waals surface area contributed by atoms with Crippen molar-refractivity contribution < 1.29 is 0 Å². The summed E-state index contributed by atoms with van der Waals surface area (Å²) in [5.41, 5.74) is 8.12. The fourth-order valence-corrected chi connectivity index (χ4v) is 3.03. The average molecular weight is 222 g/mol. The SMILES string of the molecule is Cc1ccc(N)c(SC[C@H]2CCCN2)c1. The quantitative estimate of drug-likeness (QED) is 0.609. The molecule has 1 aromatic rings. The Morgan fingerprint density at radius 1 is 1.53 bits per heavy atom. The van der Waals surface area contributed by atoms with Crippen LogP contribution in [0.2, 0.25) is 0 Å². The molecule has 0 radical (unpaired) electrons. The molecule has 15 heavy (non-hydrogen) atoms. The first kappa shape index (κ1) is 10.8. The lowest BCUT2D eigenvalue weighted by molar-refractivity contribution is 0.674. The molecule has 0 aromatic heterocycles. The molecule has 1 atom stereocenters. The Morgan fingerprint density at radius 2 is 2.40 bits per heavy atom. The van der Waals surface area contributed by atoms with Gasteiger partial charge in [0.2, 0.25) is 0 Å². The highest BCUT2D eigenvalue weighted by Crippen LogP contribution is 2.27. The van der Waals surface area contributed by atoms with Crippen LogP contribution in [-0.4, -0.2) is 18.3 Å². The van der Waals surface area contributed by atoms with Crippen molar-refractivity contribution in [2.75, 3.05) is 18.0 Å². The van der Waals surface area contributed by atoms with Crippen molar-refractivity contribution in [1.29, 1.82) is 0 Å². The standard InChI is InChI=1S/C12H18N2S/c1-9-4-5-11(13)12(7-9)15-8-10-3-2-6-14-10/h4-5,7,10,14H,2-3,6,8,13H2,1H3/t10-/m1/s1. The number of nitrogens with one attached hydrogen (secondary N) is 1. The first-order valence-electron chi connectivity index (χ1n) is 5.48. The van der Waals surface area contributed by atoms with Crippen molar-refractivity contribution in [3.63, 3.8) is 0 Å². The third kappa shape index (κ3) is 2.89. The van der Waals surface area contributed by atoms with Crippen LogP contribution in [-0.2, 0) is 0 Å². The zero-order valence-corrected chi connectivity index (χ0v) is 9.94. The van der Waals surface area contributed by atoms with Gasteiger partial charge in [-0.05, 0) is 44.0 Å².